The second kappa shape index (κ2) is 8.57. The summed E-state index contributed by atoms with van der Waals surface area (Å²) in [6.07, 6.45) is -0.918. The molecule has 1 fully saturated rings. The SMILES string of the molecule is CC(=O)NCC1CN(c2ccc(C3=NNC(=O)C(CCO)S3)c(F)c2)C(=O)O1. The van der Waals surface area contributed by atoms with Gasteiger partial charge in [0.1, 0.15) is 17.0 Å². The highest BCUT2D eigenvalue weighted by Gasteiger charge is 2.33. The predicted octanol–water partition coefficient (Wildman–Crippen LogP) is 0.563. The van der Waals surface area contributed by atoms with Crippen molar-refractivity contribution in [2.75, 3.05) is 24.6 Å². The normalized spacial score (nSPS) is 21.8. The summed E-state index contributed by atoms with van der Waals surface area (Å²) >= 11 is 1.07. The number of benzene rings is 1. The second-order valence-electron chi connectivity index (χ2n) is 6.23. The van der Waals surface area contributed by atoms with E-state index in [0.29, 0.717) is 5.69 Å². The Bertz CT molecular complexity index is 834. The van der Waals surface area contributed by atoms with Gasteiger partial charge in [0.05, 0.1) is 24.0 Å². The Kier molecular flexibility index (Phi) is 6.15. The van der Waals surface area contributed by atoms with Gasteiger partial charge in [0, 0.05) is 19.1 Å². The lowest BCUT2D eigenvalue weighted by Crippen LogP contribution is -2.36. The van der Waals surface area contributed by atoms with Gasteiger partial charge in [-0.2, -0.15) is 5.10 Å². The Morgan fingerprint density at radius 2 is 2.29 bits per heavy atom. The summed E-state index contributed by atoms with van der Waals surface area (Å²) in [5.41, 5.74) is 2.82. The summed E-state index contributed by atoms with van der Waals surface area (Å²) in [6, 6.07) is 4.22. The topological polar surface area (TPSA) is 120 Å². The molecule has 0 saturated carbocycles. The van der Waals surface area contributed by atoms with Crippen molar-refractivity contribution in [2.45, 2.75) is 24.7 Å². The average molecular weight is 410 g/mol. The minimum Gasteiger partial charge on any atom is -0.442 e. The summed E-state index contributed by atoms with van der Waals surface area (Å²) in [7, 11) is 0. The third-order valence-corrected chi connectivity index (χ3v) is 5.42. The number of carbonyl (C=O) groups excluding carboxylic acids is 3. The van der Waals surface area contributed by atoms with E-state index in [1.165, 1.54) is 24.0 Å². The van der Waals surface area contributed by atoms with Crippen LogP contribution in [-0.2, 0) is 14.3 Å². The number of ether oxygens (including phenoxy) is 1. The van der Waals surface area contributed by atoms with Crippen LogP contribution >= 0.6 is 11.8 Å². The van der Waals surface area contributed by atoms with Gasteiger partial charge in [-0.1, -0.05) is 11.8 Å². The Morgan fingerprint density at radius 3 is 2.96 bits per heavy atom. The second-order valence-corrected chi connectivity index (χ2v) is 7.42. The smallest absolute Gasteiger partial charge is 0.414 e. The van der Waals surface area contributed by atoms with Gasteiger partial charge in [-0.15, -0.1) is 0 Å². The molecule has 2 unspecified atom stereocenters. The van der Waals surface area contributed by atoms with Crippen molar-refractivity contribution in [3.05, 3.63) is 29.6 Å². The van der Waals surface area contributed by atoms with E-state index in [2.05, 4.69) is 15.8 Å². The molecule has 2 heterocycles. The van der Waals surface area contributed by atoms with Crippen LogP contribution in [0.3, 0.4) is 0 Å². The van der Waals surface area contributed by atoms with E-state index < -0.39 is 23.3 Å². The van der Waals surface area contributed by atoms with E-state index in [1.807, 2.05) is 0 Å². The first-order chi connectivity index (χ1) is 13.4. The van der Waals surface area contributed by atoms with E-state index in [0.717, 1.165) is 11.8 Å². The van der Waals surface area contributed by atoms with Crippen LogP contribution in [0, 0.1) is 5.82 Å². The molecule has 1 aromatic rings. The Labute approximate surface area is 164 Å². The molecule has 9 nitrogen and oxygen atoms in total. The molecule has 2 aliphatic heterocycles. The third kappa shape index (κ3) is 4.42. The van der Waals surface area contributed by atoms with E-state index in [-0.39, 0.29) is 48.5 Å². The average Bonchev–Trinajstić information content (AvgIpc) is 3.03. The largest absolute Gasteiger partial charge is 0.442 e. The van der Waals surface area contributed by atoms with Gasteiger partial charge in [0.25, 0.3) is 5.91 Å². The van der Waals surface area contributed by atoms with Gasteiger partial charge >= 0.3 is 6.09 Å². The Morgan fingerprint density at radius 1 is 1.50 bits per heavy atom. The first-order valence-electron chi connectivity index (χ1n) is 8.56. The van der Waals surface area contributed by atoms with E-state index in [9.17, 15) is 18.8 Å². The van der Waals surface area contributed by atoms with Gasteiger partial charge in [-0.3, -0.25) is 14.5 Å². The van der Waals surface area contributed by atoms with Crippen molar-refractivity contribution in [1.29, 1.82) is 0 Å². The quantitative estimate of drug-likeness (QED) is 0.630. The maximum absolute atomic E-state index is 14.7. The lowest BCUT2D eigenvalue weighted by atomic mass is 10.2. The molecule has 150 valence electrons. The summed E-state index contributed by atoms with van der Waals surface area (Å²) in [5, 5.41) is 15.2. The number of amides is 3. The van der Waals surface area contributed by atoms with Crippen molar-refractivity contribution >= 4 is 40.4 Å². The molecule has 3 amide bonds. The van der Waals surface area contributed by atoms with E-state index >= 15 is 0 Å². The lowest BCUT2D eigenvalue weighted by Gasteiger charge is -2.21. The van der Waals surface area contributed by atoms with Gasteiger partial charge in [0.2, 0.25) is 5.91 Å². The number of carbonyl (C=O) groups is 3. The number of nitrogens with one attached hydrogen (secondary N) is 2. The number of hydrazone groups is 1. The minimum absolute atomic E-state index is 0.170. The fourth-order valence-corrected chi connectivity index (χ4v) is 3.81. The standard InChI is InChI=1S/C17H19FN4O5S/c1-9(24)19-7-11-8-22(17(26)27-11)10-2-3-12(13(18)6-10)16-21-20-15(25)14(28-16)4-5-23/h2-3,6,11,14,23H,4-5,7-8H2,1H3,(H,19,24)(H,20,25). The van der Waals surface area contributed by atoms with Crippen LogP contribution in [0.15, 0.2) is 23.3 Å². The number of hydrogen-bond donors (Lipinski definition) is 3. The molecule has 2 aliphatic rings. The van der Waals surface area contributed by atoms with Gasteiger partial charge in [-0.05, 0) is 24.6 Å². The molecule has 0 radical (unpaired) electrons. The Balaban J connectivity index is 1.73. The number of aliphatic hydroxyl groups excluding tert-OH is 1. The van der Waals surface area contributed by atoms with Gasteiger partial charge in [-0.25, -0.2) is 14.6 Å². The number of thioether (sulfide) groups is 1. The predicted molar refractivity (Wildman–Crippen MR) is 100 cm³/mol. The number of aliphatic hydroxyl groups is 1. The summed E-state index contributed by atoms with van der Waals surface area (Å²) < 4.78 is 19.9. The van der Waals surface area contributed by atoms with Crippen LogP contribution in [0.2, 0.25) is 0 Å². The van der Waals surface area contributed by atoms with Crippen LogP contribution in [0.1, 0.15) is 18.9 Å². The Hall–Kier alpha value is -2.66. The zero-order valence-corrected chi connectivity index (χ0v) is 15.8. The maximum Gasteiger partial charge on any atom is 0.414 e. The van der Waals surface area contributed by atoms with Crippen molar-refractivity contribution < 1.29 is 28.6 Å². The molecule has 2 atom stereocenters. The fraction of sp³-hybridized carbons (Fsp3) is 0.412. The zero-order valence-electron chi connectivity index (χ0n) is 15.0. The molecule has 1 saturated heterocycles. The highest BCUT2D eigenvalue weighted by atomic mass is 32.2. The van der Waals surface area contributed by atoms with E-state index in [1.54, 1.807) is 6.07 Å². The maximum atomic E-state index is 14.7. The van der Waals surface area contributed by atoms with Crippen molar-refractivity contribution in [1.82, 2.24) is 10.7 Å². The first kappa shape index (κ1) is 20.1. The molecule has 3 N–H and O–H groups in total. The molecule has 0 spiro atoms. The van der Waals surface area contributed by atoms with Crippen LogP contribution < -0.4 is 15.6 Å². The van der Waals surface area contributed by atoms with Gasteiger partial charge in [0.15, 0.2) is 0 Å². The molecule has 1 aromatic carbocycles. The van der Waals surface area contributed by atoms with Crippen molar-refractivity contribution in [3.8, 4) is 0 Å². The van der Waals surface area contributed by atoms with Crippen molar-refractivity contribution in [2.24, 2.45) is 5.10 Å². The molecular formula is C17H19FN4O5S. The number of anilines is 1. The first-order valence-corrected chi connectivity index (χ1v) is 9.44. The monoisotopic (exact) mass is 410 g/mol. The number of rotatable bonds is 6. The number of hydrogen-bond acceptors (Lipinski definition) is 7. The summed E-state index contributed by atoms with van der Waals surface area (Å²) in [6.45, 7) is 1.55. The zero-order chi connectivity index (χ0) is 20.3. The molecular weight excluding hydrogens is 391 g/mol. The number of halogens is 1. The fourth-order valence-electron chi connectivity index (χ4n) is 2.77. The number of cyclic esters (lactones) is 1. The highest BCUT2D eigenvalue weighted by Crippen LogP contribution is 2.29. The van der Waals surface area contributed by atoms with Crippen molar-refractivity contribution in [3.63, 3.8) is 0 Å². The van der Waals surface area contributed by atoms with Crippen LogP contribution in [0.5, 0.6) is 0 Å². The molecule has 11 heteroatoms. The van der Waals surface area contributed by atoms with Crippen LogP contribution in [0.25, 0.3) is 0 Å². The molecule has 0 bridgehead atoms. The van der Waals surface area contributed by atoms with Gasteiger partial charge < -0.3 is 15.2 Å². The van der Waals surface area contributed by atoms with E-state index in [4.69, 9.17) is 9.84 Å². The minimum atomic E-state index is -0.623. The molecule has 0 aliphatic carbocycles. The highest BCUT2D eigenvalue weighted by molar-refractivity contribution is 8.15. The van der Waals surface area contributed by atoms with Crippen LogP contribution in [-0.4, -0.2) is 59.1 Å². The number of nitrogens with zero attached hydrogens (tertiary/aromatic N) is 2. The lowest BCUT2D eigenvalue weighted by molar-refractivity contribution is -0.121. The summed E-state index contributed by atoms with van der Waals surface area (Å²) in [5.74, 6) is -1.19. The van der Waals surface area contributed by atoms with Crippen LogP contribution in [0.4, 0.5) is 14.9 Å². The molecule has 3 rings (SSSR count). The molecule has 28 heavy (non-hydrogen) atoms. The third-order valence-electron chi connectivity index (χ3n) is 4.15. The summed E-state index contributed by atoms with van der Waals surface area (Å²) in [4.78, 5) is 36.0. The molecule has 0 aromatic heterocycles.